The van der Waals surface area contributed by atoms with Gasteiger partial charge in [0.25, 0.3) is 5.97 Å². The number of aliphatic hydroxyl groups is 13. The minimum atomic E-state index is -1.18. The molecule has 14 atom stereocenters. The molecule has 12 unspecified atom stereocenters. The maximum atomic E-state index is 10.8. The Morgan fingerprint density at radius 1 is 0.527 bits per heavy atom. The van der Waals surface area contributed by atoms with E-state index in [1.165, 1.54) is 30.4 Å². The Morgan fingerprint density at radius 3 is 1.18 bits per heavy atom. The van der Waals surface area contributed by atoms with E-state index in [0.29, 0.717) is 6.42 Å². The van der Waals surface area contributed by atoms with Crippen molar-refractivity contribution < 1.29 is 331 Å². The number of carbonyl (C=O) groups is 1. The number of hydrogen-bond donors (Lipinski definition) is 13. The molecule has 2 aliphatic heterocycles. The molecule has 2 heterocycles. The van der Waals surface area contributed by atoms with Gasteiger partial charge in [0.2, 0.25) is 0 Å². The summed E-state index contributed by atoms with van der Waals surface area (Å²) in [5, 5.41) is 117. The molecule has 0 aromatic carbocycles. The zero-order chi connectivity index (χ0) is 32.4. The molecule has 3 radical (unpaired) electrons. The van der Waals surface area contributed by atoms with Crippen molar-refractivity contribution in [3.8, 4) is 0 Å². The van der Waals surface area contributed by atoms with Gasteiger partial charge in [-0.2, -0.15) is 6.08 Å². The number of carbonyl (C=O) groups excluding carboxylic acids is 1. The van der Waals surface area contributed by atoms with Gasteiger partial charge in [0.05, 0.1) is 56.4 Å². The van der Waals surface area contributed by atoms with Gasteiger partial charge in [-0.3, -0.25) is 4.79 Å². The summed E-state index contributed by atoms with van der Waals surface area (Å²) in [6, 6.07) is 0. The van der Waals surface area contributed by atoms with E-state index in [2.05, 4.69) is 0 Å². The van der Waals surface area contributed by atoms with Gasteiger partial charge < -0.3 is 71.1 Å². The fraction of sp³-hybridized carbons (Fsp3) is 0.643. The van der Waals surface area contributed by atoms with E-state index in [1.807, 2.05) is 0 Å². The van der Waals surface area contributed by atoms with E-state index in [9.17, 15) is 30.3 Å². The fourth-order valence-corrected chi connectivity index (χ4v) is 4.58. The summed E-state index contributed by atoms with van der Waals surface area (Å²) in [5.41, 5.74) is 0. The number of fused-ring (bicyclic) bond motifs is 2. The van der Waals surface area contributed by atoms with Gasteiger partial charge in [-0.15, -0.1) is 0 Å². The molecule has 4 aliphatic carbocycles. The van der Waals surface area contributed by atoms with Crippen molar-refractivity contribution in [3.63, 3.8) is 0 Å². The van der Waals surface area contributed by atoms with E-state index in [0.717, 1.165) is 0 Å². The first kappa shape index (κ1) is 87.9. The van der Waals surface area contributed by atoms with Crippen LogP contribution in [-0.2, 0) is 234 Å². The average molecular weight is 2480 g/mol. The van der Waals surface area contributed by atoms with Crippen molar-refractivity contribution in [1.29, 1.82) is 0 Å². The van der Waals surface area contributed by atoms with Crippen LogP contribution in [0.3, 0.4) is 0 Å². The molecule has 1 saturated heterocycles. The van der Waals surface area contributed by atoms with Crippen molar-refractivity contribution in [2.75, 3.05) is 19.8 Å². The van der Waals surface area contributed by atoms with Gasteiger partial charge in [-0.05, 0) is 6.42 Å². The Hall–Kier alpha value is 6.09. The summed E-state index contributed by atoms with van der Waals surface area (Å²) in [5.74, 6) is -1.61. The van der Waals surface area contributed by atoms with E-state index < -0.39 is 84.9 Å². The van der Waals surface area contributed by atoms with Crippen LogP contribution in [0.1, 0.15) is 6.42 Å². The van der Waals surface area contributed by atoms with Crippen molar-refractivity contribution in [2.24, 2.45) is 17.8 Å². The molecule has 27 heteroatoms. The van der Waals surface area contributed by atoms with Crippen LogP contribution in [0.25, 0.3) is 0 Å². The molecular weight excluding hydrogens is 2440 g/mol. The predicted molar refractivity (Wildman–Crippen MR) is 146 cm³/mol. The molecule has 6 aliphatic rings. The van der Waals surface area contributed by atoms with E-state index in [1.54, 1.807) is 18.2 Å². The standard InChI is InChI=1S/C7H7O4.2C7H12O4.C7H12O3.U.3V.8W/c8-5-3-1-2-4(6(5)9)11-7(3)10;2*8-3-4-1-2-5(9)7(11)6(4)10;8-4-5-2-1-3-6(9)7(5)10;;;;;;;;;;;;/h1-2,4-6,8-9H;2*1-2,4-11H,3H2;1-2,5-10H,3-4H2;;;;;;;;;;;;/q-1;;;;;;;;;;;;;;;/t;2*4?,5-,6?,7?;;;;;;;;;;;;;/m.10............./s1. The Kier molecular flexibility index (Phi) is 74.5. The summed E-state index contributed by atoms with van der Waals surface area (Å²) in [4.78, 5) is 10.8. The first-order chi connectivity index (χ1) is 20.3. The second kappa shape index (κ2) is 46.6. The Morgan fingerprint density at radius 2 is 0.891 bits per heavy atom. The van der Waals surface area contributed by atoms with Gasteiger partial charge in [-0.1, -0.05) is 42.4 Å². The number of ether oxygens (including phenoxy) is 1. The van der Waals surface area contributed by atoms with Crippen molar-refractivity contribution in [1.82, 2.24) is 0 Å². The third kappa shape index (κ3) is 28.0. The molecule has 0 amide bonds. The minimum Gasteiger partial charge on any atom is -0.484 e. The average Bonchev–Trinajstić information content (AvgIpc) is 3.00. The molecule has 15 nitrogen and oxygen atoms in total. The van der Waals surface area contributed by atoms with Crippen molar-refractivity contribution >= 4 is 5.97 Å². The molecule has 0 spiro atoms. The van der Waals surface area contributed by atoms with E-state index in [4.69, 9.17) is 45.6 Å². The van der Waals surface area contributed by atoms with Gasteiger partial charge in [0, 0.05) is 279 Å². The van der Waals surface area contributed by atoms with E-state index >= 15 is 0 Å². The predicted octanol–water partition coefficient (Wildman–Crippen LogP) is -5.48. The molecule has 313 valence electrons. The smallest absolute Gasteiger partial charge is 0.252 e. The summed E-state index contributed by atoms with van der Waals surface area (Å²) < 4.78 is 4.70. The molecule has 55 heavy (non-hydrogen) atoms. The zero-order valence-corrected chi connectivity index (χ0v) is 60.1. The van der Waals surface area contributed by atoms with Gasteiger partial charge in [0.15, 0.2) is 0 Å². The molecule has 2 bridgehead atoms. The Balaban J connectivity index is -0.0000000486. The third-order valence-corrected chi connectivity index (χ3v) is 7.54. The maximum absolute atomic E-state index is 10.8. The second-order valence-electron chi connectivity index (χ2n) is 10.6. The fourth-order valence-electron chi connectivity index (χ4n) is 4.58. The van der Waals surface area contributed by atoms with Gasteiger partial charge >= 0.3 is 0 Å². The Labute approximate surface area is 494 Å². The van der Waals surface area contributed by atoms with Crippen LogP contribution in [-0.4, -0.2) is 159 Å². The van der Waals surface area contributed by atoms with Crippen molar-refractivity contribution in [3.05, 3.63) is 54.5 Å². The normalized spacial score (nSPS) is 33.3. The Bertz CT molecular complexity index is 990. The number of esters is 1. The summed E-state index contributed by atoms with van der Waals surface area (Å²) >= 11 is 0. The molecule has 1 fully saturated rings. The van der Waals surface area contributed by atoms with E-state index in [-0.39, 0.29) is 287 Å². The molecule has 0 saturated carbocycles. The molecule has 0 aromatic heterocycles. The zero-order valence-electron chi connectivity index (χ0n) is 28.3. The van der Waals surface area contributed by atoms with Crippen LogP contribution in [0.5, 0.6) is 0 Å². The first-order valence-corrected chi connectivity index (χ1v) is 13.7. The SMILES string of the molecule is O=C1OC2C=C[C-]1C(O)C2O.OCC1C=CCC(O)C1O.OCC1C=C[C@@H](O)C(O)C1O.OCC1C=C[C@H](O)C(O)C1O.[U].[V].[V].[V].[W].[W].[W].[W].[W].[W].[W].[W]. The second-order valence-corrected chi connectivity index (χ2v) is 10.6. The van der Waals surface area contributed by atoms with Crippen LogP contribution in [0, 0.1) is 54.8 Å². The molecular formula is C28H43O15UV3W8-. The monoisotopic (exact) mass is 2480 g/mol. The maximum Gasteiger partial charge on any atom is 0.252 e. The first-order valence-electron chi connectivity index (χ1n) is 13.7. The number of rotatable bonds is 3. The van der Waals surface area contributed by atoms with Crippen LogP contribution in [0.2, 0.25) is 0 Å². The van der Waals surface area contributed by atoms with Crippen molar-refractivity contribution in [2.45, 2.75) is 73.6 Å². The largest absolute Gasteiger partial charge is 0.484 e. The van der Waals surface area contributed by atoms with Crippen LogP contribution < -0.4 is 0 Å². The van der Waals surface area contributed by atoms with Crippen LogP contribution >= 0.6 is 0 Å². The third-order valence-electron chi connectivity index (χ3n) is 7.54. The minimum absolute atomic E-state index is 0. The number of aliphatic hydroxyl groups excluding tert-OH is 13. The van der Waals surface area contributed by atoms with Crippen LogP contribution in [0.15, 0.2) is 48.6 Å². The quantitative estimate of drug-likeness (QED) is 0.0714. The summed E-state index contributed by atoms with van der Waals surface area (Å²) in [7, 11) is 0. The van der Waals surface area contributed by atoms with Crippen LogP contribution in [0.4, 0.5) is 0 Å². The topological polar surface area (TPSA) is 289 Å². The summed E-state index contributed by atoms with van der Waals surface area (Å²) in [6.07, 6.45) is 2.01. The van der Waals surface area contributed by atoms with Gasteiger partial charge in [0.1, 0.15) is 24.4 Å². The molecule has 6 rings (SSSR count). The molecule has 13 N–H and O–H groups in total. The summed E-state index contributed by atoms with van der Waals surface area (Å²) in [6.45, 7) is -0.544. The number of hydrogen-bond acceptors (Lipinski definition) is 15. The van der Waals surface area contributed by atoms with Gasteiger partial charge in [-0.25, -0.2) is 6.08 Å². The molecule has 0 aromatic rings.